The maximum atomic E-state index is 12.8. The molecule has 1 fully saturated rings. The number of thioether (sulfide) groups is 1. The van der Waals surface area contributed by atoms with Gasteiger partial charge in [0.05, 0.1) is 0 Å². The van der Waals surface area contributed by atoms with Gasteiger partial charge in [-0.3, -0.25) is 0 Å². The van der Waals surface area contributed by atoms with Gasteiger partial charge in [-0.05, 0) is 41.9 Å². The van der Waals surface area contributed by atoms with Gasteiger partial charge in [0.25, 0.3) is 0 Å². The zero-order valence-electron chi connectivity index (χ0n) is 9.79. The van der Waals surface area contributed by atoms with Crippen LogP contribution in [0.1, 0.15) is 20.3 Å². The number of rotatable bonds is 2. The molecule has 1 aromatic carbocycles. The molecule has 0 aliphatic carbocycles. The van der Waals surface area contributed by atoms with E-state index in [1.807, 2.05) is 23.9 Å². The fourth-order valence-electron chi connectivity index (χ4n) is 2.14. The Morgan fingerprint density at radius 2 is 2.00 bits per heavy atom. The van der Waals surface area contributed by atoms with Crippen LogP contribution < -0.4 is 5.32 Å². The van der Waals surface area contributed by atoms with Crippen molar-refractivity contribution in [3.63, 3.8) is 0 Å². The highest BCUT2D eigenvalue weighted by Crippen LogP contribution is 2.34. The van der Waals surface area contributed by atoms with Gasteiger partial charge in [-0.15, -0.1) is 0 Å². The Bertz CT molecular complexity index is 347. The summed E-state index contributed by atoms with van der Waals surface area (Å²) in [5.74, 6) is 2.19. The molecule has 1 unspecified atom stereocenters. The zero-order chi connectivity index (χ0) is 11.6. The van der Waals surface area contributed by atoms with E-state index in [0.717, 1.165) is 11.4 Å². The Morgan fingerprint density at radius 1 is 1.31 bits per heavy atom. The Balaban J connectivity index is 1.97. The summed E-state index contributed by atoms with van der Waals surface area (Å²) in [6, 6.07) is 7.12. The van der Waals surface area contributed by atoms with Gasteiger partial charge in [0.15, 0.2) is 0 Å². The molecular weight excluding hydrogens is 221 g/mol. The minimum atomic E-state index is -0.177. The molecule has 88 valence electrons. The summed E-state index contributed by atoms with van der Waals surface area (Å²) in [5, 5.41) is 3.48. The van der Waals surface area contributed by atoms with E-state index in [9.17, 15) is 4.39 Å². The van der Waals surface area contributed by atoms with E-state index < -0.39 is 0 Å². The standard InChI is InChI=1S/C13H18FNS/c1-13(2)7-12(8-16-9-13)15-11-5-3-10(14)4-6-11/h3-6,12,15H,7-9H2,1-2H3. The van der Waals surface area contributed by atoms with Crippen LogP contribution >= 0.6 is 11.8 Å². The molecule has 1 nitrogen and oxygen atoms in total. The van der Waals surface area contributed by atoms with Crippen molar-refractivity contribution in [3.05, 3.63) is 30.1 Å². The smallest absolute Gasteiger partial charge is 0.123 e. The predicted octanol–water partition coefficient (Wildman–Crippen LogP) is 3.77. The molecule has 3 heteroatoms. The number of hydrogen-bond donors (Lipinski definition) is 1. The fourth-order valence-corrected chi connectivity index (χ4v) is 3.41. The second-order valence-electron chi connectivity index (χ2n) is 5.23. The lowest BCUT2D eigenvalue weighted by atomic mass is 9.88. The van der Waals surface area contributed by atoms with Gasteiger partial charge in [0.1, 0.15) is 5.82 Å². The van der Waals surface area contributed by atoms with Crippen LogP contribution in [0.4, 0.5) is 10.1 Å². The highest BCUT2D eigenvalue weighted by atomic mass is 32.2. The van der Waals surface area contributed by atoms with E-state index in [1.165, 1.54) is 24.3 Å². The molecule has 1 N–H and O–H groups in total. The molecule has 0 radical (unpaired) electrons. The number of benzene rings is 1. The molecule has 1 saturated heterocycles. The molecule has 1 aromatic rings. The Morgan fingerprint density at radius 3 is 2.62 bits per heavy atom. The maximum Gasteiger partial charge on any atom is 0.123 e. The topological polar surface area (TPSA) is 12.0 Å². The summed E-state index contributed by atoms with van der Waals surface area (Å²) >= 11 is 2.00. The summed E-state index contributed by atoms with van der Waals surface area (Å²) in [5.41, 5.74) is 1.42. The van der Waals surface area contributed by atoms with Gasteiger partial charge in [0, 0.05) is 17.5 Å². The first-order chi connectivity index (χ1) is 7.55. The monoisotopic (exact) mass is 239 g/mol. The lowest BCUT2D eigenvalue weighted by molar-refractivity contribution is 0.358. The summed E-state index contributed by atoms with van der Waals surface area (Å²) in [6.45, 7) is 4.61. The Hall–Kier alpha value is -0.700. The first-order valence-electron chi connectivity index (χ1n) is 5.65. The van der Waals surface area contributed by atoms with Crippen molar-refractivity contribution in [2.75, 3.05) is 16.8 Å². The minimum Gasteiger partial charge on any atom is -0.381 e. The second-order valence-corrected chi connectivity index (χ2v) is 6.26. The van der Waals surface area contributed by atoms with Gasteiger partial charge in [-0.2, -0.15) is 11.8 Å². The van der Waals surface area contributed by atoms with Crippen LogP contribution in [0.5, 0.6) is 0 Å². The van der Waals surface area contributed by atoms with Crippen LogP contribution in [0, 0.1) is 11.2 Å². The van der Waals surface area contributed by atoms with Crippen LogP contribution in [-0.2, 0) is 0 Å². The molecule has 0 aromatic heterocycles. The quantitative estimate of drug-likeness (QED) is 0.843. The zero-order valence-corrected chi connectivity index (χ0v) is 10.6. The summed E-state index contributed by atoms with van der Waals surface area (Å²) in [7, 11) is 0. The third-order valence-electron chi connectivity index (χ3n) is 2.83. The lowest BCUT2D eigenvalue weighted by Crippen LogP contribution is -2.35. The Kier molecular flexibility index (Phi) is 3.43. The molecule has 16 heavy (non-hydrogen) atoms. The molecule has 0 saturated carbocycles. The predicted molar refractivity (Wildman–Crippen MR) is 69.5 cm³/mol. The highest BCUT2D eigenvalue weighted by molar-refractivity contribution is 7.99. The lowest BCUT2D eigenvalue weighted by Gasteiger charge is -2.35. The van der Waals surface area contributed by atoms with Crippen LogP contribution in [0.15, 0.2) is 24.3 Å². The van der Waals surface area contributed by atoms with Crippen LogP contribution in [-0.4, -0.2) is 17.5 Å². The van der Waals surface area contributed by atoms with Crippen molar-refractivity contribution in [3.8, 4) is 0 Å². The van der Waals surface area contributed by atoms with Crippen molar-refractivity contribution in [1.29, 1.82) is 0 Å². The van der Waals surface area contributed by atoms with Crippen LogP contribution in [0.3, 0.4) is 0 Å². The minimum absolute atomic E-state index is 0.177. The van der Waals surface area contributed by atoms with Crippen molar-refractivity contribution in [2.45, 2.75) is 26.3 Å². The third-order valence-corrected chi connectivity index (χ3v) is 4.45. The summed E-state index contributed by atoms with van der Waals surface area (Å²) in [6.07, 6.45) is 1.18. The van der Waals surface area contributed by atoms with E-state index in [2.05, 4.69) is 19.2 Å². The number of halogens is 1. The molecular formula is C13H18FNS. The van der Waals surface area contributed by atoms with Crippen molar-refractivity contribution in [2.24, 2.45) is 5.41 Å². The van der Waals surface area contributed by atoms with E-state index in [4.69, 9.17) is 0 Å². The summed E-state index contributed by atoms with van der Waals surface area (Å²) in [4.78, 5) is 0. The third kappa shape index (κ3) is 3.14. The van der Waals surface area contributed by atoms with Gasteiger partial charge in [0.2, 0.25) is 0 Å². The molecule has 1 aliphatic heterocycles. The molecule has 0 amide bonds. The average molecular weight is 239 g/mol. The number of nitrogens with one attached hydrogen (secondary N) is 1. The van der Waals surface area contributed by atoms with Gasteiger partial charge in [-0.1, -0.05) is 13.8 Å². The Labute approximate surface area is 101 Å². The fraction of sp³-hybridized carbons (Fsp3) is 0.538. The van der Waals surface area contributed by atoms with E-state index >= 15 is 0 Å². The van der Waals surface area contributed by atoms with Crippen molar-refractivity contribution < 1.29 is 4.39 Å². The number of hydrogen-bond acceptors (Lipinski definition) is 2. The van der Waals surface area contributed by atoms with Crippen molar-refractivity contribution in [1.82, 2.24) is 0 Å². The SMILES string of the molecule is CC1(C)CSCC(Nc2ccc(F)cc2)C1. The van der Waals surface area contributed by atoms with Crippen molar-refractivity contribution >= 4 is 17.4 Å². The van der Waals surface area contributed by atoms with E-state index in [-0.39, 0.29) is 5.82 Å². The van der Waals surface area contributed by atoms with E-state index in [1.54, 1.807) is 0 Å². The second kappa shape index (κ2) is 4.66. The summed E-state index contributed by atoms with van der Waals surface area (Å²) < 4.78 is 12.8. The van der Waals surface area contributed by atoms with Gasteiger partial charge >= 0.3 is 0 Å². The van der Waals surface area contributed by atoms with Gasteiger partial charge in [-0.25, -0.2) is 4.39 Å². The normalized spacial score (nSPS) is 24.1. The first-order valence-corrected chi connectivity index (χ1v) is 6.80. The average Bonchev–Trinajstić information content (AvgIpc) is 2.20. The van der Waals surface area contributed by atoms with Gasteiger partial charge < -0.3 is 5.32 Å². The molecule has 1 aliphatic rings. The van der Waals surface area contributed by atoms with Crippen LogP contribution in [0.25, 0.3) is 0 Å². The maximum absolute atomic E-state index is 12.8. The molecule has 2 rings (SSSR count). The number of anilines is 1. The molecule has 1 atom stereocenters. The largest absolute Gasteiger partial charge is 0.381 e. The molecule has 0 spiro atoms. The van der Waals surface area contributed by atoms with E-state index in [0.29, 0.717) is 11.5 Å². The molecule has 1 heterocycles. The van der Waals surface area contributed by atoms with Crippen LogP contribution in [0.2, 0.25) is 0 Å². The highest BCUT2D eigenvalue weighted by Gasteiger charge is 2.28. The first kappa shape index (κ1) is 11.8. The molecule has 0 bridgehead atoms.